The van der Waals surface area contributed by atoms with E-state index in [2.05, 4.69) is 41.8 Å². The highest BCUT2D eigenvalue weighted by molar-refractivity contribution is 7.11. The molecule has 8 heteroatoms. The maximum absolute atomic E-state index is 12.9. The van der Waals surface area contributed by atoms with E-state index in [1.807, 2.05) is 36.9 Å². The standard InChI is InChI=1S/C27H30N4O3S/c1-16(7-23(32)20-12-22-21(13-28-20)30-15-31(22)5)24-14-29-25(35-24)10-17-8-18(26(33)34-6)11-19(9-17)27(2,3)4/h8-9,11-16H,7,10H2,1-6H3. The van der Waals surface area contributed by atoms with E-state index in [-0.39, 0.29) is 23.1 Å². The molecule has 4 rings (SSSR count). The van der Waals surface area contributed by atoms with Crippen molar-refractivity contribution in [3.63, 3.8) is 0 Å². The SMILES string of the molecule is COC(=O)c1cc(Cc2ncc(C(C)CC(=O)c3cc4c(cn3)ncn4C)s2)cc(C(C)(C)C)c1. The van der Waals surface area contributed by atoms with Gasteiger partial charge in [-0.3, -0.25) is 9.78 Å². The fraction of sp³-hybridized carbons (Fsp3) is 0.370. The molecule has 3 aromatic heterocycles. The molecular weight excluding hydrogens is 460 g/mol. The zero-order valence-electron chi connectivity index (χ0n) is 21.0. The topological polar surface area (TPSA) is 87.0 Å². The number of ketones is 1. The predicted octanol–water partition coefficient (Wildman–Crippen LogP) is 5.48. The molecule has 0 fully saturated rings. The number of methoxy groups -OCH3 is 1. The Kier molecular flexibility index (Phi) is 6.85. The summed E-state index contributed by atoms with van der Waals surface area (Å²) in [5.74, 6) is -0.331. The molecular formula is C27H30N4O3S. The van der Waals surface area contributed by atoms with Crippen LogP contribution in [-0.2, 0) is 23.6 Å². The normalized spacial score (nSPS) is 12.6. The summed E-state index contributed by atoms with van der Waals surface area (Å²) in [6.07, 6.45) is 6.17. The number of benzene rings is 1. The second-order valence-electron chi connectivity index (χ2n) is 9.94. The van der Waals surface area contributed by atoms with Gasteiger partial charge in [-0.1, -0.05) is 33.8 Å². The van der Waals surface area contributed by atoms with Crippen LogP contribution in [0.1, 0.15) is 81.9 Å². The van der Waals surface area contributed by atoms with Gasteiger partial charge in [0.1, 0.15) is 11.2 Å². The third-order valence-electron chi connectivity index (χ3n) is 6.08. The van der Waals surface area contributed by atoms with Crippen LogP contribution in [0.15, 0.2) is 43.0 Å². The van der Waals surface area contributed by atoms with Gasteiger partial charge >= 0.3 is 5.97 Å². The van der Waals surface area contributed by atoms with Crippen LogP contribution < -0.4 is 0 Å². The lowest BCUT2D eigenvalue weighted by Crippen LogP contribution is -2.14. The number of carbonyl (C=O) groups excluding carboxylic acids is 2. The number of pyridine rings is 1. The second-order valence-corrected chi connectivity index (χ2v) is 11.1. The summed E-state index contributed by atoms with van der Waals surface area (Å²) in [5, 5.41) is 0.940. The minimum Gasteiger partial charge on any atom is -0.465 e. The molecule has 0 radical (unpaired) electrons. The van der Waals surface area contributed by atoms with Crippen molar-refractivity contribution in [2.75, 3.05) is 7.11 Å². The van der Waals surface area contributed by atoms with E-state index in [1.165, 1.54) is 7.11 Å². The molecule has 7 nitrogen and oxygen atoms in total. The molecule has 0 amide bonds. The lowest BCUT2D eigenvalue weighted by Gasteiger charge is -2.21. The van der Waals surface area contributed by atoms with Gasteiger partial charge in [0.15, 0.2) is 5.78 Å². The number of hydrogen-bond donors (Lipinski definition) is 0. The second kappa shape index (κ2) is 9.70. The minimum absolute atomic E-state index is 0.00357. The Bertz CT molecular complexity index is 1400. The van der Waals surface area contributed by atoms with Crippen molar-refractivity contribution >= 4 is 34.1 Å². The van der Waals surface area contributed by atoms with Crippen molar-refractivity contribution in [2.45, 2.75) is 51.9 Å². The Hall–Kier alpha value is -3.39. The zero-order chi connectivity index (χ0) is 25.3. The number of carbonyl (C=O) groups is 2. The summed E-state index contributed by atoms with van der Waals surface area (Å²) in [6, 6.07) is 7.69. The van der Waals surface area contributed by atoms with Gasteiger partial charge in [0.25, 0.3) is 0 Å². The predicted molar refractivity (Wildman–Crippen MR) is 137 cm³/mol. The quantitative estimate of drug-likeness (QED) is 0.252. The average molecular weight is 491 g/mol. The molecule has 182 valence electrons. The summed E-state index contributed by atoms with van der Waals surface area (Å²) in [6.45, 7) is 8.39. The molecule has 35 heavy (non-hydrogen) atoms. The van der Waals surface area contributed by atoms with E-state index < -0.39 is 0 Å². The van der Waals surface area contributed by atoms with Crippen molar-refractivity contribution in [3.05, 3.63) is 75.3 Å². The summed E-state index contributed by atoms with van der Waals surface area (Å²) < 4.78 is 6.83. The molecule has 0 bridgehead atoms. The van der Waals surface area contributed by atoms with Crippen molar-refractivity contribution in [1.29, 1.82) is 0 Å². The molecule has 0 aliphatic carbocycles. The van der Waals surface area contributed by atoms with Crippen LogP contribution in [-0.4, -0.2) is 38.4 Å². The van der Waals surface area contributed by atoms with Crippen molar-refractivity contribution in [3.8, 4) is 0 Å². The number of imidazole rings is 1. The van der Waals surface area contributed by atoms with Crippen LogP contribution in [0.5, 0.6) is 0 Å². The van der Waals surface area contributed by atoms with Gasteiger partial charge in [-0.05, 0) is 40.7 Å². The Balaban J connectivity index is 1.50. The largest absolute Gasteiger partial charge is 0.465 e. The first kappa shape index (κ1) is 24.7. The Morgan fingerprint density at radius 2 is 1.86 bits per heavy atom. The van der Waals surface area contributed by atoms with Crippen LogP contribution >= 0.6 is 11.3 Å². The number of rotatable bonds is 7. The first-order valence-corrected chi connectivity index (χ1v) is 12.3. The maximum Gasteiger partial charge on any atom is 0.337 e. The number of aryl methyl sites for hydroxylation is 1. The van der Waals surface area contributed by atoms with Crippen molar-refractivity contribution in [2.24, 2.45) is 7.05 Å². The number of aromatic nitrogens is 4. The summed E-state index contributed by atoms with van der Waals surface area (Å²) in [4.78, 5) is 39.4. The number of esters is 1. The van der Waals surface area contributed by atoms with Gasteiger partial charge in [0.2, 0.25) is 0 Å². The third-order valence-corrected chi connectivity index (χ3v) is 7.31. The molecule has 0 aliphatic heterocycles. The molecule has 1 atom stereocenters. The van der Waals surface area contributed by atoms with Gasteiger partial charge in [0, 0.05) is 31.0 Å². The van der Waals surface area contributed by atoms with Crippen LogP contribution in [0.3, 0.4) is 0 Å². The Morgan fingerprint density at radius 3 is 2.57 bits per heavy atom. The van der Waals surface area contributed by atoms with Gasteiger partial charge in [-0.15, -0.1) is 11.3 Å². The molecule has 0 saturated carbocycles. The molecule has 0 spiro atoms. The number of hydrogen-bond acceptors (Lipinski definition) is 7. The third kappa shape index (κ3) is 5.48. The highest BCUT2D eigenvalue weighted by Gasteiger charge is 2.20. The van der Waals surface area contributed by atoms with Crippen LogP contribution in [0.25, 0.3) is 11.0 Å². The molecule has 4 aromatic rings. The van der Waals surface area contributed by atoms with E-state index in [0.29, 0.717) is 24.1 Å². The first-order chi connectivity index (χ1) is 16.5. The fourth-order valence-electron chi connectivity index (χ4n) is 3.94. The van der Waals surface area contributed by atoms with Crippen molar-refractivity contribution in [1.82, 2.24) is 19.5 Å². The van der Waals surface area contributed by atoms with Gasteiger partial charge in [-0.25, -0.2) is 14.8 Å². The van der Waals surface area contributed by atoms with Crippen LogP contribution in [0.2, 0.25) is 0 Å². The summed E-state index contributed by atoms with van der Waals surface area (Å²) in [7, 11) is 3.29. The average Bonchev–Trinajstić information content (AvgIpc) is 3.44. The Labute approximate surface area is 209 Å². The van der Waals surface area contributed by atoms with E-state index in [1.54, 1.807) is 29.9 Å². The van der Waals surface area contributed by atoms with Gasteiger partial charge in [-0.2, -0.15) is 0 Å². The fourth-order valence-corrected chi connectivity index (χ4v) is 4.94. The molecule has 0 aliphatic rings. The molecule has 1 unspecified atom stereocenters. The first-order valence-electron chi connectivity index (χ1n) is 11.5. The molecule has 1 aromatic carbocycles. The smallest absolute Gasteiger partial charge is 0.337 e. The summed E-state index contributed by atoms with van der Waals surface area (Å²) in [5.41, 5.74) is 4.64. The number of thiazole rings is 1. The van der Waals surface area contributed by atoms with Crippen molar-refractivity contribution < 1.29 is 14.3 Å². The number of ether oxygens (including phenoxy) is 1. The lowest BCUT2D eigenvalue weighted by molar-refractivity contribution is 0.0600. The number of Topliss-reactive ketones (excluding diaryl/α,β-unsaturated/α-hetero) is 1. The van der Waals surface area contributed by atoms with E-state index in [9.17, 15) is 9.59 Å². The van der Waals surface area contributed by atoms with Gasteiger partial charge < -0.3 is 9.30 Å². The Morgan fingerprint density at radius 1 is 1.09 bits per heavy atom. The van der Waals surface area contributed by atoms with E-state index in [4.69, 9.17) is 4.74 Å². The van der Waals surface area contributed by atoms with E-state index >= 15 is 0 Å². The summed E-state index contributed by atoms with van der Waals surface area (Å²) >= 11 is 1.60. The maximum atomic E-state index is 12.9. The molecule has 3 heterocycles. The number of nitrogens with zero attached hydrogens (tertiary/aromatic N) is 4. The van der Waals surface area contributed by atoms with Gasteiger partial charge in [0.05, 0.1) is 35.7 Å². The lowest BCUT2D eigenvalue weighted by atomic mass is 9.84. The highest BCUT2D eigenvalue weighted by Crippen LogP contribution is 2.30. The molecule has 0 saturated heterocycles. The van der Waals surface area contributed by atoms with Crippen LogP contribution in [0, 0.1) is 0 Å². The highest BCUT2D eigenvalue weighted by atomic mass is 32.1. The molecule has 0 N–H and O–H groups in total. The van der Waals surface area contributed by atoms with E-state index in [0.717, 1.165) is 32.0 Å². The minimum atomic E-state index is -0.345. The van der Waals surface area contributed by atoms with Crippen LogP contribution in [0.4, 0.5) is 0 Å². The zero-order valence-corrected chi connectivity index (χ0v) is 21.8. The number of fused-ring (bicyclic) bond motifs is 1. The monoisotopic (exact) mass is 490 g/mol.